The Balaban J connectivity index is 2.42. The van der Waals surface area contributed by atoms with Crippen LogP contribution in [0.15, 0.2) is 6.07 Å². The van der Waals surface area contributed by atoms with Gasteiger partial charge in [0.25, 0.3) is 0 Å². The van der Waals surface area contributed by atoms with Gasteiger partial charge >= 0.3 is 0 Å². The molecule has 6 nitrogen and oxygen atoms in total. The number of rotatable bonds is 4. The third-order valence-corrected chi connectivity index (χ3v) is 3.01. The van der Waals surface area contributed by atoms with E-state index in [-0.39, 0.29) is 6.61 Å². The lowest BCUT2D eigenvalue weighted by atomic mass is 10.0. The number of aliphatic hydroxyl groups is 1. The number of benzene rings is 1. The Hall–Kier alpha value is -1.81. The number of hydrazine groups is 1. The van der Waals surface area contributed by atoms with E-state index in [4.69, 9.17) is 26.7 Å². The van der Waals surface area contributed by atoms with Gasteiger partial charge in [-0.3, -0.25) is 0 Å². The summed E-state index contributed by atoms with van der Waals surface area (Å²) in [5, 5.41) is 19.4. The van der Waals surface area contributed by atoms with E-state index in [9.17, 15) is 0 Å². The molecule has 6 heteroatoms. The van der Waals surface area contributed by atoms with E-state index >= 15 is 0 Å². The highest BCUT2D eigenvalue weighted by Gasteiger charge is 2.23. The van der Waals surface area contributed by atoms with Gasteiger partial charge in [-0.2, -0.15) is 5.26 Å². The van der Waals surface area contributed by atoms with E-state index in [1.807, 2.05) is 0 Å². The average molecular weight is 248 g/mol. The molecule has 0 unspecified atom stereocenters. The topological polar surface area (TPSA) is 109 Å². The number of ether oxygens (including phenoxy) is 1. The predicted molar refractivity (Wildman–Crippen MR) is 67.3 cm³/mol. The van der Waals surface area contributed by atoms with Crippen LogP contribution in [0.1, 0.15) is 23.1 Å². The van der Waals surface area contributed by atoms with Gasteiger partial charge in [0.05, 0.1) is 36.2 Å². The molecule has 0 amide bonds. The molecule has 18 heavy (non-hydrogen) atoms. The second-order valence-electron chi connectivity index (χ2n) is 4.19. The van der Waals surface area contributed by atoms with Crippen molar-refractivity contribution in [2.45, 2.75) is 19.6 Å². The highest BCUT2D eigenvalue weighted by molar-refractivity contribution is 5.76. The summed E-state index contributed by atoms with van der Waals surface area (Å²) in [7, 11) is 0. The summed E-state index contributed by atoms with van der Waals surface area (Å²) < 4.78 is 5.37. The third-order valence-electron chi connectivity index (χ3n) is 3.01. The summed E-state index contributed by atoms with van der Waals surface area (Å²) in [5.74, 6) is 5.95. The second-order valence-corrected chi connectivity index (χ2v) is 4.19. The van der Waals surface area contributed by atoms with Crippen molar-refractivity contribution in [1.29, 1.82) is 5.26 Å². The van der Waals surface area contributed by atoms with E-state index in [1.165, 1.54) is 5.01 Å². The highest BCUT2D eigenvalue weighted by atomic mass is 16.5. The van der Waals surface area contributed by atoms with Gasteiger partial charge < -0.3 is 20.6 Å². The van der Waals surface area contributed by atoms with Gasteiger partial charge in [-0.05, 0) is 12.5 Å². The van der Waals surface area contributed by atoms with Crippen molar-refractivity contribution < 1.29 is 9.84 Å². The monoisotopic (exact) mass is 248 g/mol. The van der Waals surface area contributed by atoms with Crippen molar-refractivity contribution in [3.63, 3.8) is 0 Å². The maximum Gasteiger partial charge on any atom is 0.0996 e. The molecule has 1 aromatic rings. The van der Waals surface area contributed by atoms with Gasteiger partial charge in [-0.25, -0.2) is 5.84 Å². The smallest absolute Gasteiger partial charge is 0.0996 e. The van der Waals surface area contributed by atoms with E-state index in [2.05, 4.69) is 6.07 Å². The quantitative estimate of drug-likeness (QED) is 0.400. The van der Waals surface area contributed by atoms with Gasteiger partial charge in [0.1, 0.15) is 0 Å². The van der Waals surface area contributed by atoms with Crippen molar-refractivity contribution in [2.24, 2.45) is 5.84 Å². The molecule has 2 rings (SSSR count). The largest absolute Gasteiger partial charge is 0.397 e. The molecule has 0 radical (unpaired) electrons. The number of hydrogen-bond acceptors (Lipinski definition) is 6. The number of nitrogen functional groups attached to an aromatic ring is 1. The molecule has 0 bridgehead atoms. The first-order chi connectivity index (χ1) is 8.69. The Kier molecular flexibility index (Phi) is 3.67. The van der Waals surface area contributed by atoms with Gasteiger partial charge in [-0.15, -0.1) is 0 Å². The molecule has 1 heterocycles. The number of nitrogens with two attached hydrogens (primary N) is 2. The lowest BCUT2D eigenvalue weighted by Gasteiger charge is -2.23. The SMILES string of the molecule is N#Cc1cc(N)c(N(N)CCCO)c2c1COC2. The molecular weight excluding hydrogens is 232 g/mol. The van der Waals surface area contributed by atoms with Crippen LogP contribution in [-0.4, -0.2) is 18.3 Å². The number of fused-ring (bicyclic) bond motifs is 1. The normalized spacial score (nSPS) is 13.2. The van der Waals surface area contributed by atoms with Gasteiger partial charge in [0.15, 0.2) is 0 Å². The van der Waals surface area contributed by atoms with Crippen molar-refractivity contribution >= 4 is 11.4 Å². The zero-order chi connectivity index (χ0) is 13.1. The van der Waals surface area contributed by atoms with Crippen molar-refractivity contribution in [2.75, 3.05) is 23.9 Å². The average Bonchev–Trinajstić information content (AvgIpc) is 2.83. The summed E-state index contributed by atoms with van der Waals surface area (Å²) in [4.78, 5) is 0. The predicted octanol–water partition coefficient (Wildman–Crippen LogP) is 0.233. The zero-order valence-electron chi connectivity index (χ0n) is 10.0. The van der Waals surface area contributed by atoms with Crippen LogP contribution >= 0.6 is 0 Å². The molecule has 0 atom stereocenters. The Morgan fingerprint density at radius 3 is 2.83 bits per heavy atom. The van der Waals surface area contributed by atoms with Crippen LogP contribution in [0.2, 0.25) is 0 Å². The standard InChI is InChI=1S/C12H16N4O2/c13-5-8-4-11(14)12(16(15)2-1-3-17)10-7-18-6-9(8)10/h4,17H,1-3,6-7,14-15H2. The molecule has 96 valence electrons. The molecule has 0 saturated carbocycles. The lowest BCUT2D eigenvalue weighted by Crippen LogP contribution is -2.34. The van der Waals surface area contributed by atoms with Crippen LogP contribution in [0.3, 0.4) is 0 Å². The molecule has 0 aromatic heterocycles. The molecule has 0 aliphatic carbocycles. The van der Waals surface area contributed by atoms with Crippen molar-refractivity contribution in [3.05, 3.63) is 22.8 Å². The van der Waals surface area contributed by atoms with Crippen LogP contribution in [-0.2, 0) is 18.0 Å². The van der Waals surface area contributed by atoms with Crippen LogP contribution < -0.4 is 16.6 Å². The molecule has 1 aromatic carbocycles. The fourth-order valence-electron chi connectivity index (χ4n) is 2.16. The minimum atomic E-state index is 0.0720. The maximum atomic E-state index is 9.06. The Morgan fingerprint density at radius 2 is 2.17 bits per heavy atom. The van der Waals surface area contributed by atoms with Gasteiger partial charge in [0, 0.05) is 24.3 Å². The van der Waals surface area contributed by atoms with E-state index in [0.29, 0.717) is 43.1 Å². The Labute approximate surface area is 105 Å². The van der Waals surface area contributed by atoms with Crippen LogP contribution in [0.4, 0.5) is 11.4 Å². The first-order valence-corrected chi connectivity index (χ1v) is 5.74. The van der Waals surface area contributed by atoms with E-state index in [0.717, 1.165) is 11.1 Å². The molecule has 1 aliphatic rings. The summed E-state index contributed by atoms with van der Waals surface area (Å²) in [5.41, 5.74) is 9.41. The maximum absolute atomic E-state index is 9.06. The lowest BCUT2D eigenvalue weighted by molar-refractivity contribution is 0.134. The highest BCUT2D eigenvalue weighted by Crippen LogP contribution is 2.36. The van der Waals surface area contributed by atoms with Gasteiger partial charge in [0.2, 0.25) is 0 Å². The van der Waals surface area contributed by atoms with Gasteiger partial charge in [-0.1, -0.05) is 0 Å². The second kappa shape index (κ2) is 5.23. The molecule has 5 N–H and O–H groups in total. The number of hydrogen-bond donors (Lipinski definition) is 3. The van der Waals surface area contributed by atoms with Crippen LogP contribution in [0, 0.1) is 11.3 Å². The first kappa shape index (κ1) is 12.6. The summed E-state index contributed by atoms with van der Waals surface area (Å²) >= 11 is 0. The van der Waals surface area contributed by atoms with Crippen molar-refractivity contribution in [1.82, 2.24) is 0 Å². The first-order valence-electron chi connectivity index (χ1n) is 5.74. The fraction of sp³-hybridized carbons (Fsp3) is 0.417. The number of aliphatic hydroxyl groups excluding tert-OH is 1. The molecule has 0 saturated heterocycles. The molecule has 0 spiro atoms. The number of nitriles is 1. The molecule has 0 fully saturated rings. The van der Waals surface area contributed by atoms with Crippen LogP contribution in [0.5, 0.6) is 0 Å². The minimum absolute atomic E-state index is 0.0720. The summed E-state index contributed by atoms with van der Waals surface area (Å²) in [6.07, 6.45) is 0.561. The molecule has 1 aliphatic heterocycles. The minimum Gasteiger partial charge on any atom is -0.397 e. The summed E-state index contributed by atoms with van der Waals surface area (Å²) in [6.45, 7) is 1.40. The van der Waals surface area contributed by atoms with E-state index < -0.39 is 0 Å². The van der Waals surface area contributed by atoms with Crippen LogP contribution in [0.25, 0.3) is 0 Å². The molecular formula is C12H16N4O2. The van der Waals surface area contributed by atoms with E-state index in [1.54, 1.807) is 6.07 Å². The van der Waals surface area contributed by atoms with Crippen molar-refractivity contribution in [3.8, 4) is 6.07 Å². The zero-order valence-corrected chi connectivity index (χ0v) is 10.0. The number of anilines is 2. The Bertz CT molecular complexity index is 496. The Morgan fingerprint density at radius 1 is 1.44 bits per heavy atom. The fourth-order valence-corrected chi connectivity index (χ4v) is 2.16. The number of nitrogens with zero attached hydrogens (tertiary/aromatic N) is 2. The third kappa shape index (κ3) is 2.11. The summed E-state index contributed by atoms with van der Waals surface area (Å²) in [6, 6.07) is 3.74.